The first-order valence-corrected chi connectivity index (χ1v) is 6.13. The first kappa shape index (κ1) is 9.90. The van der Waals surface area contributed by atoms with Gasteiger partial charge in [-0.2, -0.15) is 0 Å². The molecule has 0 radical (unpaired) electrons. The SMILES string of the molecule is Oc1c2ccccc2cc2cc(I)ccc12. The summed E-state index contributed by atoms with van der Waals surface area (Å²) in [5.74, 6) is 0.379. The van der Waals surface area contributed by atoms with E-state index in [1.807, 2.05) is 36.4 Å². The Hall–Kier alpha value is -1.29. The smallest absolute Gasteiger partial charge is 0.131 e. The van der Waals surface area contributed by atoms with Gasteiger partial charge in [0.25, 0.3) is 0 Å². The lowest BCUT2D eigenvalue weighted by Gasteiger charge is -2.06. The zero-order chi connectivity index (χ0) is 11.1. The van der Waals surface area contributed by atoms with Gasteiger partial charge in [0.05, 0.1) is 0 Å². The van der Waals surface area contributed by atoms with Crippen LogP contribution < -0.4 is 0 Å². The fraction of sp³-hybridized carbons (Fsp3) is 0. The Balaban J connectivity index is 2.55. The predicted octanol–water partition coefficient (Wildman–Crippen LogP) is 4.30. The third kappa shape index (κ3) is 1.45. The lowest BCUT2D eigenvalue weighted by atomic mass is 10.0. The number of benzene rings is 3. The van der Waals surface area contributed by atoms with E-state index >= 15 is 0 Å². The van der Waals surface area contributed by atoms with Crippen LogP contribution in [0.1, 0.15) is 0 Å². The van der Waals surface area contributed by atoms with Gasteiger partial charge >= 0.3 is 0 Å². The summed E-state index contributed by atoms with van der Waals surface area (Å²) in [4.78, 5) is 0. The average Bonchev–Trinajstić information content (AvgIpc) is 2.29. The monoisotopic (exact) mass is 320 g/mol. The minimum Gasteiger partial charge on any atom is -0.507 e. The van der Waals surface area contributed by atoms with Gasteiger partial charge in [-0.15, -0.1) is 0 Å². The van der Waals surface area contributed by atoms with Gasteiger partial charge in [0, 0.05) is 14.3 Å². The first-order chi connectivity index (χ1) is 7.75. The number of hydrogen-bond acceptors (Lipinski definition) is 1. The molecule has 16 heavy (non-hydrogen) atoms. The first-order valence-electron chi connectivity index (χ1n) is 5.06. The molecule has 1 N–H and O–H groups in total. The van der Waals surface area contributed by atoms with Crippen molar-refractivity contribution in [2.24, 2.45) is 0 Å². The Morgan fingerprint density at radius 1 is 0.812 bits per heavy atom. The molecule has 0 amide bonds. The summed E-state index contributed by atoms with van der Waals surface area (Å²) in [7, 11) is 0. The van der Waals surface area contributed by atoms with Gasteiger partial charge in [-0.3, -0.25) is 0 Å². The largest absolute Gasteiger partial charge is 0.507 e. The third-order valence-corrected chi connectivity index (χ3v) is 3.47. The van der Waals surface area contributed by atoms with Crippen molar-refractivity contribution in [1.82, 2.24) is 0 Å². The van der Waals surface area contributed by atoms with Crippen LogP contribution in [-0.2, 0) is 0 Å². The molecule has 0 spiro atoms. The summed E-state index contributed by atoms with van der Waals surface area (Å²) < 4.78 is 1.18. The maximum Gasteiger partial charge on any atom is 0.131 e. The fourth-order valence-electron chi connectivity index (χ4n) is 2.02. The number of halogens is 1. The Morgan fingerprint density at radius 3 is 2.44 bits per heavy atom. The molecule has 0 aromatic heterocycles. The molecule has 0 saturated carbocycles. The summed E-state index contributed by atoms with van der Waals surface area (Å²) in [5.41, 5.74) is 0. The molecule has 78 valence electrons. The Bertz CT molecular complexity index is 689. The Morgan fingerprint density at radius 2 is 1.56 bits per heavy atom. The van der Waals surface area contributed by atoms with E-state index < -0.39 is 0 Å². The molecular formula is C14H9IO. The van der Waals surface area contributed by atoms with Gasteiger partial charge in [-0.1, -0.05) is 24.3 Å². The molecule has 0 aliphatic heterocycles. The third-order valence-electron chi connectivity index (χ3n) is 2.80. The standard InChI is InChI=1S/C14H9IO/c15-11-5-6-13-10(8-11)7-9-3-1-2-4-12(9)14(13)16/h1-8,16H. The molecule has 0 heterocycles. The van der Waals surface area contributed by atoms with E-state index in [4.69, 9.17) is 0 Å². The molecule has 1 nitrogen and oxygen atoms in total. The number of phenolic OH excluding ortho intramolecular Hbond substituents is 1. The van der Waals surface area contributed by atoms with Crippen molar-refractivity contribution < 1.29 is 5.11 Å². The molecule has 3 aromatic rings. The highest BCUT2D eigenvalue weighted by Crippen LogP contribution is 2.34. The molecular weight excluding hydrogens is 311 g/mol. The summed E-state index contributed by atoms with van der Waals surface area (Å²) in [5, 5.41) is 14.2. The zero-order valence-electron chi connectivity index (χ0n) is 8.44. The summed E-state index contributed by atoms with van der Waals surface area (Å²) >= 11 is 2.28. The summed E-state index contributed by atoms with van der Waals surface area (Å²) in [6, 6.07) is 16.1. The molecule has 0 aliphatic rings. The van der Waals surface area contributed by atoms with Crippen molar-refractivity contribution in [2.45, 2.75) is 0 Å². The molecule has 3 aromatic carbocycles. The maximum absolute atomic E-state index is 10.2. The predicted molar refractivity (Wildman–Crippen MR) is 75.8 cm³/mol. The highest BCUT2D eigenvalue weighted by molar-refractivity contribution is 14.1. The molecule has 2 heteroatoms. The van der Waals surface area contributed by atoms with Crippen LogP contribution in [0.3, 0.4) is 0 Å². The second-order valence-electron chi connectivity index (χ2n) is 3.81. The van der Waals surface area contributed by atoms with Crippen molar-refractivity contribution in [3.05, 3.63) is 52.1 Å². The maximum atomic E-state index is 10.2. The Kier molecular flexibility index (Phi) is 2.24. The molecule has 0 bridgehead atoms. The number of fused-ring (bicyclic) bond motifs is 2. The van der Waals surface area contributed by atoms with Crippen LogP contribution in [-0.4, -0.2) is 5.11 Å². The van der Waals surface area contributed by atoms with Crippen molar-refractivity contribution in [2.75, 3.05) is 0 Å². The Labute approximate surface area is 107 Å². The molecule has 0 saturated heterocycles. The quantitative estimate of drug-likeness (QED) is 0.484. The van der Waals surface area contributed by atoms with E-state index in [0.717, 1.165) is 21.5 Å². The van der Waals surface area contributed by atoms with E-state index in [1.165, 1.54) is 3.57 Å². The lowest BCUT2D eigenvalue weighted by molar-refractivity contribution is 0.488. The van der Waals surface area contributed by atoms with Gasteiger partial charge in [0.2, 0.25) is 0 Å². The van der Waals surface area contributed by atoms with E-state index in [0.29, 0.717) is 5.75 Å². The van der Waals surface area contributed by atoms with Crippen LogP contribution in [0.15, 0.2) is 48.5 Å². The van der Waals surface area contributed by atoms with Crippen molar-refractivity contribution in [3.8, 4) is 5.75 Å². The average molecular weight is 320 g/mol. The van der Waals surface area contributed by atoms with Crippen LogP contribution >= 0.6 is 22.6 Å². The van der Waals surface area contributed by atoms with Crippen molar-refractivity contribution in [3.63, 3.8) is 0 Å². The van der Waals surface area contributed by atoms with E-state index in [2.05, 4.69) is 34.7 Å². The minimum atomic E-state index is 0.379. The summed E-state index contributed by atoms with van der Waals surface area (Å²) in [6.45, 7) is 0. The molecule has 3 rings (SSSR count). The van der Waals surface area contributed by atoms with E-state index in [-0.39, 0.29) is 0 Å². The highest BCUT2D eigenvalue weighted by Gasteiger charge is 2.05. The van der Waals surface area contributed by atoms with Gasteiger partial charge in [-0.25, -0.2) is 0 Å². The van der Waals surface area contributed by atoms with Crippen molar-refractivity contribution in [1.29, 1.82) is 0 Å². The molecule has 0 fully saturated rings. The number of aromatic hydroxyl groups is 1. The van der Waals surface area contributed by atoms with Crippen LogP contribution in [0, 0.1) is 3.57 Å². The topological polar surface area (TPSA) is 20.2 Å². The molecule has 0 aliphatic carbocycles. The fourth-order valence-corrected chi connectivity index (χ4v) is 2.54. The summed E-state index contributed by atoms with van der Waals surface area (Å²) in [6.07, 6.45) is 0. The normalized spacial score (nSPS) is 11.1. The van der Waals surface area contributed by atoms with E-state index in [9.17, 15) is 5.11 Å². The van der Waals surface area contributed by atoms with Gasteiger partial charge < -0.3 is 5.11 Å². The highest BCUT2D eigenvalue weighted by atomic mass is 127. The van der Waals surface area contributed by atoms with Crippen LogP contribution in [0.5, 0.6) is 5.75 Å². The van der Waals surface area contributed by atoms with Crippen LogP contribution in [0.25, 0.3) is 21.5 Å². The number of phenols is 1. The zero-order valence-corrected chi connectivity index (χ0v) is 10.6. The van der Waals surface area contributed by atoms with Crippen LogP contribution in [0.2, 0.25) is 0 Å². The second kappa shape index (κ2) is 3.63. The van der Waals surface area contributed by atoms with Gasteiger partial charge in [-0.05, 0) is 57.6 Å². The van der Waals surface area contributed by atoms with Crippen LogP contribution in [0.4, 0.5) is 0 Å². The molecule has 0 unspecified atom stereocenters. The number of rotatable bonds is 0. The minimum absolute atomic E-state index is 0.379. The van der Waals surface area contributed by atoms with Crippen molar-refractivity contribution >= 4 is 44.1 Å². The molecule has 0 atom stereocenters. The van der Waals surface area contributed by atoms with E-state index in [1.54, 1.807) is 0 Å². The second-order valence-corrected chi connectivity index (χ2v) is 5.06. The van der Waals surface area contributed by atoms with Gasteiger partial charge in [0.15, 0.2) is 0 Å². The number of hydrogen-bond donors (Lipinski definition) is 1. The van der Waals surface area contributed by atoms with Gasteiger partial charge in [0.1, 0.15) is 5.75 Å². The lowest BCUT2D eigenvalue weighted by Crippen LogP contribution is -1.79.